The van der Waals surface area contributed by atoms with Gasteiger partial charge < -0.3 is 5.11 Å². The van der Waals surface area contributed by atoms with Crippen LogP contribution in [-0.2, 0) is 0 Å². The molecule has 0 aliphatic heterocycles. The van der Waals surface area contributed by atoms with Gasteiger partial charge in [-0.15, -0.1) is 0 Å². The highest BCUT2D eigenvalue weighted by Gasteiger charge is 2.22. The van der Waals surface area contributed by atoms with Crippen LogP contribution in [0.25, 0.3) is 34.0 Å². The summed E-state index contributed by atoms with van der Waals surface area (Å²) in [5.41, 5.74) is 9.41. The first-order valence-electron chi connectivity index (χ1n) is 13.7. The van der Waals surface area contributed by atoms with Gasteiger partial charge in [-0.05, 0) is 65.6 Å². The molecule has 6 heteroatoms. The minimum atomic E-state index is 0.197. The van der Waals surface area contributed by atoms with Gasteiger partial charge >= 0.3 is 0 Å². The van der Waals surface area contributed by atoms with E-state index in [0.29, 0.717) is 23.4 Å². The van der Waals surface area contributed by atoms with Gasteiger partial charge in [0.05, 0.1) is 11.4 Å². The zero-order valence-electron chi connectivity index (χ0n) is 23.8. The second-order valence-electron chi connectivity index (χ2n) is 11.2. The third-order valence-electron chi connectivity index (χ3n) is 7.28. The molecule has 0 saturated heterocycles. The minimum Gasteiger partial charge on any atom is -0.506 e. The first kappa shape index (κ1) is 26.4. The van der Waals surface area contributed by atoms with Crippen molar-refractivity contribution in [1.29, 1.82) is 0 Å². The predicted molar refractivity (Wildman–Crippen MR) is 158 cm³/mol. The Kier molecular flexibility index (Phi) is 7.13. The highest BCUT2D eigenvalue weighted by molar-refractivity contribution is 5.70. The quantitative estimate of drug-likeness (QED) is 0.235. The molecule has 0 atom stereocenters. The monoisotopic (exact) mass is 519 g/mol. The van der Waals surface area contributed by atoms with E-state index in [1.165, 1.54) is 16.7 Å². The molecule has 2 heterocycles. The molecule has 0 bridgehead atoms. The Hall–Kier alpha value is -4.19. The van der Waals surface area contributed by atoms with Crippen LogP contribution >= 0.6 is 0 Å². The van der Waals surface area contributed by atoms with Crippen LogP contribution in [0.3, 0.4) is 0 Å². The first-order chi connectivity index (χ1) is 18.7. The molecule has 5 rings (SSSR count). The number of phenolic OH excluding ortho intramolecular Hbond substituents is 1. The SMILES string of the molecule is Cc1cc(-c2cccc(-c3ncnn3-c3c(C(C)C)cc(C(C)C)cc3C(C)C)c2)nn1-c1ccccc1O. The van der Waals surface area contributed by atoms with E-state index in [2.05, 4.69) is 71.9 Å². The van der Waals surface area contributed by atoms with Crippen LogP contribution in [0.1, 0.15) is 81.7 Å². The molecule has 2 aromatic heterocycles. The molecule has 0 spiro atoms. The zero-order valence-corrected chi connectivity index (χ0v) is 23.8. The molecule has 200 valence electrons. The Balaban J connectivity index is 1.62. The van der Waals surface area contributed by atoms with Gasteiger partial charge in [0.2, 0.25) is 0 Å². The van der Waals surface area contributed by atoms with E-state index in [1.807, 2.05) is 41.9 Å². The number of aryl methyl sites for hydroxylation is 1. The van der Waals surface area contributed by atoms with E-state index < -0.39 is 0 Å². The summed E-state index contributed by atoms with van der Waals surface area (Å²) < 4.78 is 3.79. The number of para-hydroxylation sites is 2. The van der Waals surface area contributed by atoms with Crippen LogP contribution in [0.5, 0.6) is 5.75 Å². The standard InChI is InChI=1S/C33H37N5O/c1-20(2)26-17-27(21(3)4)32(28(18-26)22(5)6)38-33(34-19-35-38)25-12-10-11-24(16-25)29-15-23(7)37(36-29)30-13-8-9-14-31(30)39/h8-22,39H,1-7H3. The van der Waals surface area contributed by atoms with Gasteiger partial charge in [0.25, 0.3) is 0 Å². The van der Waals surface area contributed by atoms with E-state index >= 15 is 0 Å². The first-order valence-corrected chi connectivity index (χ1v) is 13.7. The summed E-state index contributed by atoms with van der Waals surface area (Å²) in [6.45, 7) is 15.5. The Morgan fingerprint density at radius 2 is 1.38 bits per heavy atom. The molecular weight excluding hydrogens is 482 g/mol. The highest BCUT2D eigenvalue weighted by Crippen LogP contribution is 2.37. The second-order valence-corrected chi connectivity index (χ2v) is 11.2. The molecule has 0 amide bonds. The van der Waals surface area contributed by atoms with Gasteiger partial charge in [-0.1, -0.05) is 84.0 Å². The number of nitrogens with zero attached hydrogens (tertiary/aromatic N) is 5. The molecule has 0 saturated carbocycles. The fourth-order valence-corrected chi connectivity index (χ4v) is 5.08. The number of rotatable bonds is 7. The lowest BCUT2D eigenvalue weighted by atomic mass is 9.87. The molecule has 0 radical (unpaired) electrons. The summed E-state index contributed by atoms with van der Waals surface area (Å²) in [4.78, 5) is 4.73. The Labute approximate surface area is 231 Å². The average Bonchev–Trinajstić information content (AvgIpc) is 3.55. The summed E-state index contributed by atoms with van der Waals surface area (Å²) in [7, 11) is 0. The van der Waals surface area contributed by atoms with Gasteiger partial charge in [0, 0.05) is 16.8 Å². The Morgan fingerprint density at radius 3 is 2.03 bits per heavy atom. The molecule has 0 aliphatic carbocycles. The molecule has 0 fully saturated rings. The lowest BCUT2D eigenvalue weighted by molar-refractivity contribution is 0.470. The summed E-state index contributed by atoms with van der Waals surface area (Å²) >= 11 is 0. The van der Waals surface area contributed by atoms with Crippen molar-refractivity contribution in [3.63, 3.8) is 0 Å². The van der Waals surface area contributed by atoms with Gasteiger partial charge in [0.1, 0.15) is 17.8 Å². The van der Waals surface area contributed by atoms with Gasteiger partial charge in [0.15, 0.2) is 5.82 Å². The van der Waals surface area contributed by atoms with Crippen molar-refractivity contribution in [1.82, 2.24) is 24.5 Å². The van der Waals surface area contributed by atoms with Crippen LogP contribution in [-0.4, -0.2) is 29.7 Å². The second kappa shape index (κ2) is 10.5. The van der Waals surface area contributed by atoms with Gasteiger partial charge in [-0.3, -0.25) is 0 Å². The van der Waals surface area contributed by atoms with Gasteiger partial charge in [-0.25, -0.2) is 14.3 Å². The Morgan fingerprint density at radius 1 is 0.718 bits per heavy atom. The molecule has 3 aromatic carbocycles. The fraction of sp³-hybridized carbons (Fsp3) is 0.303. The van der Waals surface area contributed by atoms with E-state index in [4.69, 9.17) is 15.2 Å². The maximum Gasteiger partial charge on any atom is 0.163 e. The normalized spacial score (nSPS) is 11.7. The summed E-state index contributed by atoms with van der Waals surface area (Å²) in [6.07, 6.45) is 1.64. The van der Waals surface area contributed by atoms with E-state index in [1.54, 1.807) is 17.1 Å². The maximum absolute atomic E-state index is 10.4. The van der Waals surface area contributed by atoms with Crippen molar-refractivity contribution < 1.29 is 5.11 Å². The van der Waals surface area contributed by atoms with Crippen LogP contribution in [0, 0.1) is 6.92 Å². The summed E-state index contributed by atoms with van der Waals surface area (Å²) in [6, 6.07) is 22.2. The number of phenols is 1. The van der Waals surface area contributed by atoms with E-state index in [0.717, 1.165) is 34.0 Å². The largest absolute Gasteiger partial charge is 0.506 e. The molecule has 0 unspecified atom stereocenters. The smallest absolute Gasteiger partial charge is 0.163 e. The molecule has 5 aromatic rings. The van der Waals surface area contributed by atoms with Crippen molar-refractivity contribution in [2.24, 2.45) is 0 Å². The van der Waals surface area contributed by atoms with Crippen LogP contribution in [0.2, 0.25) is 0 Å². The van der Waals surface area contributed by atoms with Crippen LogP contribution < -0.4 is 0 Å². The predicted octanol–water partition coefficient (Wildman–Crippen LogP) is 8.17. The third kappa shape index (κ3) is 4.99. The molecule has 6 nitrogen and oxygen atoms in total. The van der Waals surface area contributed by atoms with Crippen LogP contribution in [0.15, 0.2) is 73.1 Å². The summed E-state index contributed by atoms with van der Waals surface area (Å²) in [5, 5.41) is 19.9. The topological polar surface area (TPSA) is 68.8 Å². The molecule has 1 N–H and O–H groups in total. The molecule has 39 heavy (non-hydrogen) atoms. The molecular formula is C33H37N5O. The number of aromatic hydroxyl groups is 1. The lowest BCUT2D eigenvalue weighted by Gasteiger charge is -2.23. The van der Waals surface area contributed by atoms with Crippen LogP contribution in [0.4, 0.5) is 0 Å². The third-order valence-corrected chi connectivity index (χ3v) is 7.28. The van der Waals surface area contributed by atoms with Crippen molar-refractivity contribution in [3.05, 3.63) is 95.4 Å². The van der Waals surface area contributed by atoms with Crippen molar-refractivity contribution in [2.75, 3.05) is 0 Å². The number of aromatic nitrogens is 5. The number of hydrogen-bond donors (Lipinski definition) is 1. The lowest BCUT2D eigenvalue weighted by Crippen LogP contribution is -2.11. The fourth-order valence-electron chi connectivity index (χ4n) is 5.08. The highest BCUT2D eigenvalue weighted by atomic mass is 16.3. The van der Waals surface area contributed by atoms with E-state index in [9.17, 15) is 5.11 Å². The van der Waals surface area contributed by atoms with Crippen molar-refractivity contribution >= 4 is 0 Å². The van der Waals surface area contributed by atoms with Crippen molar-refractivity contribution in [3.8, 4) is 39.8 Å². The molecule has 0 aliphatic rings. The Bertz CT molecular complexity index is 1590. The zero-order chi connectivity index (χ0) is 27.8. The van der Waals surface area contributed by atoms with E-state index in [-0.39, 0.29) is 5.75 Å². The van der Waals surface area contributed by atoms with Crippen molar-refractivity contribution in [2.45, 2.75) is 66.2 Å². The van der Waals surface area contributed by atoms with Gasteiger partial charge in [-0.2, -0.15) is 10.2 Å². The average molecular weight is 520 g/mol. The minimum absolute atomic E-state index is 0.197. The summed E-state index contributed by atoms with van der Waals surface area (Å²) in [5.74, 6) is 2.11. The number of hydrogen-bond acceptors (Lipinski definition) is 4. The maximum atomic E-state index is 10.4. The number of benzene rings is 3.